The van der Waals surface area contributed by atoms with E-state index in [1.165, 1.54) is 6.07 Å². The molecule has 0 aliphatic carbocycles. The molecule has 1 aromatic heterocycles. The molecule has 0 saturated carbocycles. The molecule has 1 aliphatic heterocycles. The third-order valence-corrected chi connectivity index (χ3v) is 3.58. The van der Waals surface area contributed by atoms with Crippen molar-refractivity contribution < 1.29 is 18.7 Å². The fourth-order valence-electron chi connectivity index (χ4n) is 2.56. The van der Waals surface area contributed by atoms with Crippen molar-refractivity contribution in [3.63, 3.8) is 0 Å². The van der Waals surface area contributed by atoms with Gasteiger partial charge in [0.25, 0.3) is 0 Å². The molecule has 0 spiro atoms. The van der Waals surface area contributed by atoms with E-state index in [1.807, 2.05) is 20.8 Å². The quantitative estimate of drug-likeness (QED) is 0.788. The van der Waals surface area contributed by atoms with Crippen molar-refractivity contribution in [2.24, 2.45) is 0 Å². The number of halogens is 1. The van der Waals surface area contributed by atoms with Crippen LogP contribution in [-0.2, 0) is 4.74 Å². The lowest BCUT2D eigenvalue weighted by atomic mass is 9.91. The summed E-state index contributed by atoms with van der Waals surface area (Å²) in [7, 11) is 0. The molecule has 2 rings (SSSR count). The van der Waals surface area contributed by atoms with Crippen LogP contribution in [0, 0.1) is 5.82 Å². The second-order valence-corrected chi connectivity index (χ2v) is 6.49. The fourth-order valence-corrected chi connectivity index (χ4v) is 2.56. The van der Waals surface area contributed by atoms with Crippen LogP contribution in [0.15, 0.2) is 12.3 Å². The Morgan fingerprint density at radius 3 is 2.59 bits per heavy atom. The summed E-state index contributed by atoms with van der Waals surface area (Å²) in [5.74, 6) is -0.462. The third-order valence-electron chi connectivity index (χ3n) is 3.58. The van der Waals surface area contributed by atoms with Gasteiger partial charge in [-0.1, -0.05) is 0 Å². The van der Waals surface area contributed by atoms with E-state index < -0.39 is 11.4 Å². The van der Waals surface area contributed by atoms with Crippen LogP contribution in [0.3, 0.4) is 0 Å². The summed E-state index contributed by atoms with van der Waals surface area (Å²) in [5.41, 5.74) is 0.382. The van der Waals surface area contributed by atoms with Gasteiger partial charge in [0, 0.05) is 24.6 Å². The van der Waals surface area contributed by atoms with Gasteiger partial charge in [0.05, 0.1) is 11.9 Å². The number of pyridine rings is 1. The zero-order chi connectivity index (χ0) is 16.3. The Hall–Kier alpha value is -1.98. The number of ether oxygens (including phenoxy) is 1. The summed E-state index contributed by atoms with van der Waals surface area (Å²) in [6.45, 7) is 6.57. The number of carbonyl (C=O) groups excluding carboxylic acids is 2. The molecule has 0 aromatic carbocycles. The highest BCUT2D eigenvalue weighted by Crippen LogP contribution is 2.29. The maximum absolute atomic E-state index is 13.1. The highest BCUT2D eigenvalue weighted by molar-refractivity contribution is 5.76. The number of piperidine rings is 1. The van der Waals surface area contributed by atoms with Gasteiger partial charge in [0.1, 0.15) is 11.4 Å². The molecule has 0 bridgehead atoms. The van der Waals surface area contributed by atoms with Crippen molar-refractivity contribution in [3.05, 3.63) is 29.3 Å². The Balaban J connectivity index is 2.01. The topological polar surface area (TPSA) is 59.5 Å². The van der Waals surface area contributed by atoms with Crippen LogP contribution in [0.1, 0.15) is 55.6 Å². The molecule has 0 atom stereocenters. The monoisotopic (exact) mass is 308 g/mol. The van der Waals surface area contributed by atoms with Gasteiger partial charge in [0.2, 0.25) is 0 Å². The molecule has 22 heavy (non-hydrogen) atoms. The first-order chi connectivity index (χ1) is 10.3. The summed E-state index contributed by atoms with van der Waals surface area (Å²) >= 11 is 0. The molecule has 1 amide bonds. The van der Waals surface area contributed by atoms with Gasteiger partial charge >= 0.3 is 6.09 Å². The number of hydrogen-bond donors (Lipinski definition) is 0. The van der Waals surface area contributed by atoms with Gasteiger partial charge < -0.3 is 9.64 Å². The molecule has 1 aromatic rings. The highest BCUT2D eigenvalue weighted by atomic mass is 19.1. The van der Waals surface area contributed by atoms with Crippen LogP contribution in [-0.4, -0.2) is 41.0 Å². The van der Waals surface area contributed by atoms with Crippen molar-refractivity contribution >= 4 is 12.4 Å². The zero-order valence-corrected chi connectivity index (χ0v) is 13.1. The maximum atomic E-state index is 13.1. The van der Waals surface area contributed by atoms with E-state index in [0.717, 1.165) is 6.20 Å². The lowest BCUT2D eigenvalue weighted by Gasteiger charge is -2.33. The number of aldehydes is 1. The molecule has 2 heterocycles. The predicted molar refractivity (Wildman–Crippen MR) is 79.4 cm³/mol. The largest absolute Gasteiger partial charge is 0.444 e. The van der Waals surface area contributed by atoms with Crippen LogP contribution in [0.2, 0.25) is 0 Å². The maximum Gasteiger partial charge on any atom is 0.410 e. The molecular weight excluding hydrogens is 287 g/mol. The molecule has 1 saturated heterocycles. The van der Waals surface area contributed by atoms with Crippen molar-refractivity contribution in [2.75, 3.05) is 13.1 Å². The zero-order valence-electron chi connectivity index (χ0n) is 13.1. The Kier molecular flexibility index (Phi) is 4.78. The fraction of sp³-hybridized carbons (Fsp3) is 0.562. The smallest absolute Gasteiger partial charge is 0.410 e. The van der Waals surface area contributed by atoms with E-state index in [0.29, 0.717) is 37.9 Å². The van der Waals surface area contributed by atoms with Crippen LogP contribution >= 0.6 is 0 Å². The first-order valence-corrected chi connectivity index (χ1v) is 7.38. The number of hydrogen-bond acceptors (Lipinski definition) is 4. The molecule has 0 radical (unpaired) electrons. The second kappa shape index (κ2) is 6.42. The molecule has 5 nitrogen and oxygen atoms in total. The molecule has 1 fully saturated rings. The summed E-state index contributed by atoms with van der Waals surface area (Å²) in [6.07, 6.45) is 2.79. The molecule has 6 heteroatoms. The van der Waals surface area contributed by atoms with E-state index in [4.69, 9.17) is 4.74 Å². The van der Waals surface area contributed by atoms with Gasteiger partial charge in [0.15, 0.2) is 6.29 Å². The lowest BCUT2D eigenvalue weighted by molar-refractivity contribution is 0.0203. The molecule has 1 aliphatic rings. The summed E-state index contributed by atoms with van der Waals surface area (Å²) in [6, 6.07) is 1.20. The van der Waals surface area contributed by atoms with Crippen molar-refractivity contribution in [2.45, 2.75) is 45.1 Å². The Bertz CT molecular complexity index is 561. The van der Waals surface area contributed by atoms with Crippen LogP contribution in [0.25, 0.3) is 0 Å². The summed E-state index contributed by atoms with van der Waals surface area (Å²) in [4.78, 5) is 28.8. The highest BCUT2D eigenvalue weighted by Gasteiger charge is 2.29. The number of nitrogens with zero attached hydrogens (tertiary/aromatic N) is 2. The molecule has 0 N–H and O–H groups in total. The van der Waals surface area contributed by atoms with Crippen LogP contribution in [0.5, 0.6) is 0 Å². The van der Waals surface area contributed by atoms with Crippen molar-refractivity contribution in [3.8, 4) is 0 Å². The Morgan fingerprint density at radius 1 is 1.41 bits per heavy atom. The first kappa shape index (κ1) is 16.4. The number of rotatable bonds is 2. The van der Waals surface area contributed by atoms with Gasteiger partial charge in [-0.05, 0) is 39.7 Å². The minimum atomic E-state index is -0.517. The van der Waals surface area contributed by atoms with Gasteiger partial charge in [-0.3, -0.25) is 9.78 Å². The normalized spacial score (nSPS) is 16.5. The molecule has 120 valence electrons. The average Bonchev–Trinajstić information content (AvgIpc) is 2.45. The third kappa shape index (κ3) is 4.02. The summed E-state index contributed by atoms with van der Waals surface area (Å²) in [5, 5.41) is 0. The van der Waals surface area contributed by atoms with E-state index in [9.17, 15) is 14.0 Å². The van der Waals surface area contributed by atoms with E-state index >= 15 is 0 Å². The van der Waals surface area contributed by atoms with E-state index in [1.54, 1.807) is 4.90 Å². The lowest BCUT2D eigenvalue weighted by Crippen LogP contribution is -2.41. The predicted octanol–water partition coefficient (Wildman–Crippen LogP) is 3.15. The number of likely N-dealkylation sites (tertiary alicyclic amines) is 1. The Morgan fingerprint density at radius 2 is 2.05 bits per heavy atom. The van der Waals surface area contributed by atoms with Crippen LogP contribution in [0.4, 0.5) is 9.18 Å². The number of aromatic nitrogens is 1. The first-order valence-electron chi connectivity index (χ1n) is 7.38. The Labute approximate surface area is 129 Å². The van der Waals surface area contributed by atoms with E-state index in [-0.39, 0.29) is 17.6 Å². The van der Waals surface area contributed by atoms with Crippen molar-refractivity contribution in [1.29, 1.82) is 0 Å². The molecule has 0 unspecified atom stereocenters. The minimum absolute atomic E-state index is 0.0551. The number of carbonyl (C=O) groups is 2. The van der Waals surface area contributed by atoms with Crippen LogP contribution < -0.4 is 0 Å². The second-order valence-electron chi connectivity index (χ2n) is 6.49. The number of amides is 1. The minimum Gasteiger partial charge on any atom is -0.444 e. The van der Waals surface area contributed by atoms with Gasteiger partial charge in [-0.15, -0.1) is 0 Å². The average molecular weight is 308 g/mol. The van der Waals surface area contributed by atoms with Gasteiger partial charge in [-0.2, -0.15) is 0 Å². The standard InChI is InChI=1S/C16H21FN2O3/c1-16(2,3)22-15(21)19-6-4-11(5-7-19)14-12(10-20)8-13(17)9-18-14/h8-11H,4-7H2,1-3H3. The van der Waals surface area contributed by atoms with Crippen molar-refractivity contribution in [1.82, 2.24) is 9.88 Å². The van der Waals surface area contributed by atoms with E-state index in [2.05, 4.69) is 4.98 Å². The summed E-state index contributed by atoms with van der Waals surface area (Å²) < 4.78 is 18.5. The van der Waals surface area contributed by atoms with Gasteiger partial charge in [-0.25, -0.2) is 9.18 Å². The SMILES string of the molecule is CC(C)(C)OC(=O)N1CCC(c2ncc(F)cc2C=O)CC1. The molecular formula is C16H21FN2O3.